The minimum absolute atomic E-state index is 0.0112. The smallest absolute Gasteiger partial charge is 0.355 e. The summed E-state index contributed by atoms with van der Waals surface area (Å²) < 4.78 is 10.7. The summed E-state index contributed by atoms with van der Waals surface area (Å²) in [7, 11) is 0. The second-order valence-electron chi connectivity index (χ2n) is 8.02. The quantitative estimate of drug-likeness (QED) is 0.756. The Kier molecular flexibility index (Phi) is 6.01. The van der Waals surface area contributed by atoms with Gasteiger partial charge in [0.1, 0.15) is 5.69 Å². The minimum atomic E-state index is -0.972. The summed E-state index contributed by atoms with van der Waals surface area (Å²) >= 11 is 0. The number of ether oxygens (including phenoxy) is 2. The molecule has 0 saturated heterocycles. The zero-order valence-corrected chi connectivity index (χ0v) is 18.2. The van der Waals surface area contributed by atoms with E-state index >= 15 is 0 Å². The number of rotatable bonds is 5. The van der Waals surface area contributed by atoms with Crippen molar-refractivity contribution < 1.29 is 23.9 Å². The number of carbonyl (C=O) groups excluding carboxylic acids is 3. The van der Waals surface area contributed by atoms with Crippen molar-refractivity contribution in [2.24, 2.45) is 0 Å². The van der Waals surface area contributed by atoms with Gasteiger partial charge in [0.2, 0.25) is 0 Å². The summed E-state index contributed by atoms with van der Waals surface area (Å²) in [6, 6.07) is 7.72. The molecule has 2 atom stereocenters. The lowest BCUT2D eigenvalue weighted by Gasteiger charge is -2.25. The Labute approximate surface area is 176 Å². The number of anilines is 1. The zero-order chi connectivity index (χ0) is 22.2. The molecule has 0 fully saturated rings. The summed E-state index contributed by atoms with van der Waals surface area (Å²) in [5, 5.41) is 0. The van der Waals surface area contributed by atoms with Crippen LogP contribution in [0.5, 0.6) is 0 Å². The molecule has 7 heteroatoms. The molecule has 0 unspecified atom stereocenters. The lowest BCUT2D eigenvalue weighted by atomic mass is 10.1. The Bertz CT molecular complexity index is 991. The standard InChI is InChI=1S/C23H28N2O5/c1-12(2)29-22(27)19-14(4)20(24-15(19)5)23(28)30-16(6)21(26)25-13(3)11-17-9-7-8-10-18(17)25/h7-10,12-13,16,24H,11H2,1-6H3/t13-,16-/m0/s1. The van der Waals surface area contributed by atoms with Gasteiger partial charge >= 0.3 is 11.9 Å². The Balaban J connectivity index is 1.77. The van der Waals surface area contributed by atoms with Gasteiger partial charge < -0.3 is 19.4 Å². The number of hydrogen-bond donors (Lipinski definition) is 1. The minimum Gasteiger partial charge on any atom is -0.459 e. The third kappa shape index (κ3) is 3.97. The third-order valence-corrected chi connectivity index (χ3v) is 5.26. The number of benzene rings is 1. The molecule has 2 aromatic rings. The maximum Gasteiger partial charge on any atom is 0.355 e. The number of aryl methyl sites for hydroxylation is 1. The summed E-state index contributed by atoms with van der Waals surface area (Å²) in [6.07, 6.45) is -0.483. The monoisotopic (exact) mass is 412 g/mol. The first-order valence-corrected chi connectivity index (χ1v) is 10.1. The van der Waals surface area contributed by atoms with Gasteiger partial charge in [-0.25, -0.2) is 9.59 Å². The molecule has 1 N–H and O–H groups in total. The van der Waals surface area contributed by atoms with Gasteiger partial charge in [-0.15, -0.1) is 0 Å². The third-order valence-electron chi connectivity index (χ3n) is 5.26. The number of nitrogens with one attached hydrogen (secondary N) is 1. The van der Waals surface area contributed by atoms with Crippen LogP contribution in [0.15, 0.2) is 24.3 Å². The fourth-order valence-corrected chi connectivity index (χ4v) is 3.90. The van der Waals surface area contributed by atoms with Gasteiger partial charge in [0.15, 0.2) is 6.10 Å². The molecule has 1 aromatic heterocycles. The summed E-state index contributed by atoms with van der Waals surface area (Å²) in [6.45, 7) is 10.4. The molecule has 7 nitrogen and oxygen atoms in total. The number of aromatic amines is 1. The van der Waals surface area contributed by atoms with Crippen molar-refractivity contribution in [2.45, 2.75) is 66.2 Å². The molecule has 1 aromatic carbocycles. The Hall–Kier alpha value is -3.09. The number of aromatic nitrogens is 1. The highest BCUT2D eigenvalue weighted by molar-refractivity contribution is 6.02. The Morgan fingerprint density at radius 2 is 1.73 bits per heavy atom. The van der Waals surface area contributed by atoms with E-state index in [2.05, 4.69) is 4.98 Å². The van der Waals surface area contributed by atoms with Gasteiger partial charge in [0, 0.05) is 17.4 Å². The number of esters is 2. The van der Waals surface area contributed by atoms with Gasteiger partial charge in [-0.05, 0) is 65.2 Å². The lowest BCUT2D eigenvalue weighted by Crippen LogP contribution is -2.43. The normalized spacial score (nSPS) is 16.4. The summed E-state index contributed by atoms with van der Waals surface area (Å²) in [5.41, 5.74) is 3.38. The van der Waals surface area contributed by atoms with Crippen LogP contribution in [0.3, 0.4) is 0 Å². The maximum atomic E-state index is 13.0. The van der Waals surface area contributed by atoms with Crippen LogP contribution in [-0.4, -0.2) is 41.1 Å². The van der Waals surface area contributed by atoms with Crippen LogP contribution < -0.4 is 4.90 Å². The SMILES string of the molecule is Cc1[nH]c(C(=O)O[C@@H](C)C(=O)N2c3ccccc3C[C@@H]2C)c(C)c1C(=O)OC(C)C. The average molecular weight is 412 g/mol. The van der Waals surface area contributed by atoms with Crippen molar-refractivity contribution in [3.63, 3.8) is 0 Å². The molecular weight excluding hydrogens is 384 g/mol. The summed E-state index contributed by atoms with van der Waals surface area (Å²) in [5.74, 6) is -1.46. The van der Waals surface area contributed by atoms with Gasteiger partial charge in [-0.2, -0.15) is 0 Å². The van der Waals surface area contributed by atoms with E-state index in [1.54, 1.807) is 39.5 Å². The van der Waals surface area contributed by atoms with E-state index < -0.39 is 18.0 Å². The molecule has 0 spiro atoms. The summed E-state index contributed by atoms with van der Waals surface area (Å²) in [4.78, 5) is 42.7. The predicted molar refractivity (Wildman–Crippen MR) is 113 cm³/mol. The number of hydrogen-bond acceptors (Lipinski definition) is 5. The van der Waals surface area contributed by atoms with Crippen LogP contribution in [0.1, 0.15) is 65.4 Å². The van der Waals surface area contributed by atoms with Crippen LogP contribution in [0, 0.1) is 13.8 Å². The number of nitrogens with zero attached hydrogens (tertiary/aromatic N) is 1. The highest BCUT2D eigenvalue weighted by Gasteiger charge is 2.35. The van der Waals surface area contributed by atoms with Crippen molar-refractivity contribution in [1.82, 2.24) is 4.98 Å². The second-order valence-corrected chi connectivity index (χ2v) is 8.02. The molecule has 0 bridgehead atoms. The van der Waals surface area contributed by atoms with Crippen LogP contribution in [0.25, 0.3) is 0 Å². The van der Waals surface area contributed by atoms with Crippen LogP contribution in [-0.2, 0) is 20.7 Å². The van der Waals surface area contributed by atoms with Gasteiger partial charge in [0.05, 0.1) is 11.7 Å². The van der Waals surface area contributed by atoms with E-state index in [4.69, 9.17) is 9.47 Å². The fourth-order valence-electron chi connectivity index (χ4n) is 3.90. The molecule has 0 radical (unpaired) electrons. The van der Waals surface area contributed by atoms with E-state index in [0.29, 0.717) is 16.8 Å². The molecule has 0 aliphatic carbocycles. The number of H-pyrrole nitrogens is 1. The van der Waals surface area contributed by atoms with E-state index in [0.717, 1.165) is 17.7 Å². The molecular formula is C23H28N2O5. The molecule has 3 rings (SSSR count). The van der Waals surface area contributed by atoms with Crippen molar-refractivity contribution in [3.05, 3.63) is 52.3 Å². The van der Waals surface area contributed by atoms with Gasteiger partial charge in [0.25, 0.3) is 5.91 Å². The Morgan fingerprint density at radius 1 is 1.07 bits per heavy atom. The van der Waals surface area contributed by atoms with Crippen molar-refractivity contribution in [1.29, 1.82) is 0 Å². The zero-order valence-electron chi connectivity index (χ0n) is 18.2. The highest BCUT2D eigenvalue weighted by Crippen LogP contribution is 2.32. The number of amides is 1. The van der Waals surface area contributed by atoms with E-state index in [1.165, 1.54) is 0 Å². The number of fused-ring (bicyclic) bond motifs is 1. The van der Waals surface area contributed by atoms with E-state index in [-0.39, 0.29) is 23.7 Å². The van der Waals surface area contributed by atoms with E-state index in [1.807, 2.05) is 31.2 Å². The topological polar surface area (TPSA) is 88.7 Å². The lowest BCUT2D eigenvalue weighted by molar-refractivity contribution is -0.126. The molecule has 1 aliphatic heterocycles. The van der Waals surface area contributed by atoms with E-state index in [9.17, 15) is 14.4 Å². The first-order valence-electron chi connectivity index (χ1n) is 10.1. The van der Waals surface area contributed by atoms with Crippen molar-refractivity contribution in [2.75, 3.05) is 4.90 Å². The van der Waals surface area contributed by atoms with Crippen molar-refractivity contribution >= 4 is 23.5 Å². The van der Waals surface area contributed by atoms with Crippen molar-refractivity contribution in [3.8, 4) is 0 Å². The van der Waals surface area contributed by atoms with Crippen LogP contribution in [0.4, 0.5) is 5.69 Å². The van der Waals surface area contributed by atoms with Crippen LogP contribution in [0.2, 0.25) is 0 Å². The molecule has 2 heterocycles. The highest BCUT2D eigenvalue weighted by atomic mass is 16.6. The first-order chi connectivity index (χ1) is 14.1. The molecule has 1 amide bonds. The predicted octanol–water partition coefficient (Wildman–Crippen LogP) is 3.72. The Morgan fingerprint density at radius 3 is 2.40 bits per heavy atom. The molecule has 160 valence electrons. The van der Waals surface area contributed by atoms with Crippen LogP contribution >= 0.6 is 0 Å². The number of para-hydroxylation sites is 1. The average Bonchev–Trinajstić information content (AvgIpc) is 3.15. The molecule has 1 aliphatic rings. The number of carbonyl (C=O) groups is 3. The fraction of sp³-hybridized carbons (Fsp3) is 0.435. The second kappa shape index (κ2) is 8.34. The van der Waals surface area contributed by atoms with Gasteiger partial charge in [-0.3, -0.25) is 4.79 Å². The molecule has 0 saturated carbocycles. The first kappa shape index (κ1) is 21.6. The van der Waals surface area contributed by atoms with Gasteiger partial charge in [-0.1, -0.05) is 18.2 Å². The molecule has 30 heavy (non-hydrogen) atoms. The largest absolute Gasteiger partial charge is 0.459 e. The maximum absolute atomic E-state index is 13.0.